The van der Waals surface area contributed by atoms with Crippen molar-refractivity contribution in [2.75, 3.05) is 48.6 Å². The standard InChI is InChI=1S/C25H33N3O5/c1-17-19-15-23(32-5)24(33-6)16-20(19)25(29)28(26-17)12-7-11-27(2)13-10-18-8-9-21(30-3)22(14-18)31-4/h8-9,14-16H,7,10-13H2,1-6H3. The van der Waals surface area contributed by atoms with Crippen molar-refractivity contribution in [3.8, 4) is 23.0 Å². The van der Waals surface area contributed by atoms with Crippen LogP contribution >= 0.6 is 0 Å². The maximum atomic E-state index is 13.0. The maximum absolute atomic E-state index is 13.0. The lowest BCUT2D eigenvalue weighted by Gasteiger charge is -2.18. The van der Waals surface area contributed by atoms with E-state index in [0.717, 1.165) is 48.5 Å². The number of ether oxygens (including phenoxy) is 4. The van der Waals surface area contributed by atoms with E-state index in [9.17, 15) is 4.79 Å². The molecule has 1 heterocycles. The fourth-order valence-corrected chi connectivity index (χ4v) is 3.88. The second-order valence-electron chi connectivity index (χ2n) is 7.96. The number of likely N-dealkylation sites (N-methyl/N-ethyl adjacent to an activating group) is 1. The first kappa shape index (κ1) is 24.4. The van der Waals surface area contributed by atoms with Crippen LogP contribution in [-0.4, -0.2) is 63.3 Å². The van der Waals surface area contributed by atoms with Gasteiger partial charge in [0.25, 0.3) is 5.56 Å². The molecule has 0 aliphatic rings. The molecule has 0 radical (unpaired) electrons. The van der Waals surface area contributed by atoms with Gasteiger partial charge in [-0.05, 0) is 63.2 Å². The Balaban J connectivity index is 1.62. The molecule has 0 aliphatic heterocycles. The first-order valence-corrected chi connectivity index (χ1v) is 10.9. The number of hydrogen-bond donors (Lipinski definition) is 0. The lowest BCUT2D eigenvalue weighted by Crippen LogP contribution is -2.28. The van der Waals surface area contributed by atoms with Gasteiger partial charge in [0.2, 0.25) is 0 Å². The lowest BCUT2D eigenvalue weighted by atomic mass is 10.1. The molecule has 0 saturated heterocycles. The van der Waals surface area contributed by atoms with Crippen molar-refractivity contribution < 1.29 is 18.9 Å². The van der Waals surface area contributed by atoms with E-state index in [0.29, 0.717) is 23.4 Å². The first-order chi connectivity index (χ1) is 15.9. The smallest absolute Gasteiger partial charge is 0.274 e. The highest BCUT2D eigenvalue weighted by Crippen LogP contribution is 2.31. The van der Waals surface area contributed by atoms with Crippen molar-refractivity contribution in [3.63, 3.8) is 0 Å². The largest absolute Gasteiger partial charge is 0.493 e. The summed E-state index contributed by atoms with van der Waals surface area (Å²) in [7, 11) is 8.50. The van der Waals surface area contributed by atoms with E-state index in [2.05, 4.69) is 23.1 Å². The minimum atomic E-state index is -0.121. The molecular weight excluding hydrogens is 422 g/mol. The number of aromatic nitrogens is 2. The van der Waals surface area contributed by atoms with Gasteiger partial charge in [-0.1, -0.05) is 6.07 Å². The van der Waals surface area contributed by atoms with Crippen LogP contribution in [0.5, 0.6) is 23.0 Å². The molecular formula is C25H33N3O5. The molecule has 0 aliphatic carbocycles. The molecule has 0 atom stereocenters. The molecule has 2 aromatic carbocycles. The monoisotopic (exact) mass is 455 g/mol. The van der Waals surface area contributed by atoms with Crippen molar-refractivity contribution >= 4 is 10.8 Å². The third-order valence-corrected chi connectivity index (χ3v) is 5.79. The molecule has 0 saturated carbocycles. The molecule has 0 N–H and O–H groups in total. The molecule has 0 unspecified atom stereocenters. The zero-order chi connectivity index (χ0) is 24.0. The highest BCUT2D eigenvalue weighted by atomic mass is 16.5. The average molecular weight is 456 g/mol. The van der Waals surface area contributed by atoms with Crippen molar-refractivity contribution in [1.29, 1.82) is 0 Å². The van der Waals surface area contributed by atoms with E-state index in [1.54, 1.807) is 39.2 Å². The van der Waals surface area contributed by atoms with Crippen LogP contribution in [0.1, 0.15) is 17.7 Å². The summed E-state index contributed by atoms with van der Waals surface area (Å²) < 4.78 is 23.0. The quantitative estimate of drug-likeness (QED) is 0.439. The molecule has 0 amide bonds. The number of benzene rings is 2. The summed E-state index contributed by atoms with van der Waals surface area (Å²) in [5.41, 5.74) is 1.85. The third-order valence-electron chi connectivity index (χ3n) is 5.79. The number of aryl methyl sites for hydroxylation is 2. The summed E-state index contributed by atoms with van der Waals surface area (Å²) in [6.45, 7) is 4.19. The minimum absolute atomic E-state index is 0.121. The zero-order valence-corrected chi connectivity index (χ0v) is 20.3. The average Bonchev–Trinajstić information content (AvgIpc) is 2.84. The van der Waals surface area contributed by atoms with E-state index < -0.39 is 0 Å². The van der Waals surface area contributed by atoms with E-state index in [4.69, 9.17) is 18.9 Å². The summed E-state index contributed by atoms with van der Waals surface area (Å²) in [6.07, 6.45) is 1.71. The summed E-state index contributed by atoms with van der Waals surface area (Å²) in [6, 6.07) is 9.54. The molecule has 0 bridgehead atoms. The molecule has 178 valence electrons. The van der Waals surface area contributed by atoms with Gasteiger partial charge in [-0.15, -0.1) is 0 Å². The summed E-state index contributed by atoms with van der Waals surface area (Å²) in [4.78, 5) is 15.3. The van der Waals surface area contributed by atoms with E-state index in [1.165, 1.54) is 5.56 Å². The van der Waals surface area contributed by atoms with Gasteiger partial charge in [0.1, 0.15) is 0 Å². The van der Waals surface area contributed by atoms with Crippen LogP contribution in [0, 0.1) is 6.92 Å². The predicted octanol–water partition coefficient (Wildman–Crippen LogP) is 3.30. The Morgan fingerprint density at radius 3 is 2.09 bits per heavy atom. The van der Waals surface area contributed by atoms with Gasteiger partial charge >= 0.3 is 0 Å². The Labute approximate surface area is 194 Å². The summed E-state index contributed by atoms with van der Waals surface area (Å²) >= 11 is 0. The SMILES string of the molecule is COc1ccc(CCN(C)CCCn2nc(C)c3cc(OC)c(OC)cc3c2=O)cc1OC. The van der Waals surface area contributed by atoms with Gasteiger partial charge in [-0.25, -0.2) is 4.68 Å². The van der Waals surface area contributed by atoms with Crippen LogP contribution in [0.4, 0.5) is 0 Å². The Bertz CT molecular complexity index is 1160. The minimum Gasteiger partial charge on any atom is -0.493 e. The van der Waals surface area contributed by atoms with Gasteiger partial charge in [-0.2, -0.15) is 5.10 Å². The normalized spacial score (nSPS) is 11.1. The molecule has 8 heteroatoms. The van der Waals surface area contributed by atoms with E-state index >= 15 is 0 Å². The topological polar surface area (TPSA) is 75.0 Å². The lowest BCUT2D eigenvalue weighted by molar-refractivity contribution is 0.320. The third kappa shape index (κ3) is 5.57. The Kier molecular flexibility index (Phi) is 8.16. The van der Waals surface area contributed by atoms with Crippen LogP contribution < -0.4 is 24.5 Å². The summed E-state index contributed by atoms with van der Waals surface area (Å²) in [5, 5.41) is 5.88. The van der Waals surface area contributed by atoms with Gasteiger partial charge < -0.3 is 23.8 Å². The van der Waals surface area contributed by atoms with Gasteiger partial charge in [0.05, 0.1) is 39.5 Å². The Morgan fingerprint density at radius 1 is 0.848 bits per heavy atom. The number of hydrogen-bond acceptors (Lipinski definition) is 7. The molecule has 33 heavy (non-hydrogen) atoms. The first-order valence-electron chi connectivity index (χ1n) is 10.9. The van der Waals surface area contributed by atoms with Crippen LogP contribution in [0.2, 0.25) is 0 Å². The van der Waals surface area contributed by atoms with Crippen LogP contribution in [0.3, 0.4) is 0 Å². The zero-order valence-electron chi connectivity index (χ0n) is 20.3. The molecule has 8 nitrogen and oxygen atoms in total. The number of nitrogens with zero attached hydrogens (tertiary/aromatic N) is 3. The van der Waals surface area contributed by atoms with Gasteiger partial charge in [0.15, 0.2) is 23.0 Å². The maximum Gasteiger partial charge on any atom is 0.274 e. The molecule has 1 aromatic heterocycles. The van der Waals surface area contributed by atoms with Crippen molar-refractivity contribution in [2.45, 2.75) is 26.3 Å². The fourth-order valence-electron chi connectivity index (χ4n) is 3.88. The summed E-state index contributed by atoms with van der Waals surface area (Å²) in [5.74, 6) is 2.59. The molecule has 3 rings (SSSR count). The van der Waals surface area contributed by atoms with Crippen LogP contribution in [0.15, 0.2) is 35.1 Å². The number of fused-ring (bicyclic) bond motifs is 1. The molecule has 0 spiro atoms. The van der Waals surface area contributed by atoms with E-state index in [-0.39, 0.29) is 5.56 Å². The number of rotatable bonds is 11. The predicted molar refractivity (Wildman–Crippen MR) is 129 cm³/mol. The molecule has 0 fully saturated rings. The Morgan fingerprint density at radius 2 is 1.45 bits per heavy atom. The fraction of sp³-hybridized carbons (Fsp3) is 0.440. The van der Waals surface area contributed by atoms with Crippen molar-refractivity contribution in [3.05, 3.63) is 51.9 Å². The number of methoxy groups -OCH3 is 4. The highest BCUT2D eigenvalue weighted by Gasteiger charge is 2.14. The van der Waals surface area contributed by atoms with Gasteiger partial charge in [-0.3, -0.25) is 4.79 Å². The highest BCUT2D eigenvalue weighted by molar-refractivity contribution is 5.87. The van der Waals surface area contributed by atoms with Crippen molar-refractivity contribution in [1.82, 2.24) is 14.7 Å². The van der Waals surface area contributed by atoms with Crippen LogP contribution in [0.25, 0.3) is 10.8 Å². The van der Waals surface area contributed by atoms with Gasteiger partial charge in [0, 0.05) is 18.5 Å². The van der Waals surface area contributed by atoms with Crippen molar-refractivity contribution in [2.24, 2.45) is 0 Å². The second-order valence-corrected chi connectivity index (χ2v) is 7.96. The second kappa shape index (κ2) is 11.0. The van der Waals surface area contributed by atoms with E-state index in [1.807, 2.05) is 25.1 Å². The molecule has 3 aromatic rings. The van der Waals surface area contributed by atoms with Crippen LogP contribution in [-0.2, 0) is 13.0 Å². The Hall–Kier alpha value is -3.26.